The number of carbonyl (C=O) groups excluding carboxylic acids is 3. The van der Waals surface area contributed by atoms with Gasteiger partial charge in [-0.1, -0.05) is 101 Å². The fourth-order valence-electron chi connectivity index (χ4n) is 5.36. The van der Waals surface area contributed by atoms with Gasteiger partial charge in [-0.05, 0) is 81.0 Å². The number of aryl methyl sites for hydroxylation is 2. The molecule has 0 bridgehead atoms. The zero-order chi connectivity index (χ0) is 32.4. The monoisotopic (exact) mass is 601 g/mol. The number of nitrogens with zero attached hydrogens (tertiary/aromatic N) is 1. The average molecular weight is 602 g/mol. The van der Waals surface area contributed by atoms with Gasteiger partial charge in [-0.15, -0.1) is 0 Å². The Kier molecular flexibility index (Phi) is 12.4. The Morgan fingerprint density at radius 2 is 1.55 bits per heavy atom. The lowest BCUT2D eigenvalue weighted by atomic mass is 9.94. The Balaban J connectivity index is 2.06. The summed E-state index contributed by atoms with van der Waals surface area (Å²) in [5.74, 6) is -0.836. The molecule has 7 nitrogen and oxygen atoms in total. The number of hydrogen-bond acceptors (Lipinski definition) is 4. The second kappa shape index (κ2) is 15.7. The van der Waals surface area contributed by atoms with Crippen LogP contribution in [0.1, 0.15) is 96.4 Å². The van der Waals surface area contributed by atoms with E-state index in [0.717, 1.165) is 59.6 Å². The lowest BCUT2D eigenvalue weighted by Crippen LogP contribution is -2.54. The van der Waals surface area contributed by atoms with Crippen molar-refractivity contribution in [1.82, 2.24) is 10.2 Å². The fraction of sp³-hybridized carbons (Fsp3) is 0.486. The maximum Gasteiger partial charge on any atom is 0.408 e. The SMILES string of the molecule is CCCCCCCN(C(=O)C(NC(=O)OC(C)(C)C)C(C)C)C(C(=O)Nc1ccc2ccccc2c1)c1cc(C)ccc1C. The highest BCUT2D eigenvalue weighted by molar-refractivity contribution is 6.00. The van der Waals surface area contributed by atoms with Crippen molar-refractivity contribution in [3.63, 3.8) is 0 Å². The number of hydrogen-bond donors (Lipinski definition) is 2. The van der Waals surface area contributed by atoms with Crippen LogP contribution < -0.4 is 10.6 Å². The molecule has 0 aliphatic heterocycles. The minimum absolute atomic E-state index is 0.236. The summed E-state index contributed by atoms with van der Waals surface area (Å²) in [7, 11) is 0. The second-order valence-corrected chi connectivity index (χ2v) is 13.1. The van der Waals surface area contributed by atoms with Gasteiger partial charge in [0, 0.05) is 12.2 Å². The van der Waals surface area contributed by atoms with Crippen LogP contribution in [-0.4, -0.2) is 41.0 Å². The fourth-order valence-corrected chi connectivity index (χ4v) is 5.36. The number of carbonyl (C=O) groups is 3. The summed E-state index contributed by atoms with van der Waals surface area (Å²) in [5.41, 5.74) is 2.63. The van der Waals surface area contributed by atoms with E-state index < -0.39 is 23.8 Å². The number of ether oxygens (including phenoxy) is 1. The molecule has 2 atom stereocenters. The number of benzene rings is 3. The summed E-state index contributed by atoms with van der Waals surface area (Å²) in [6, 6.07) is 18.0. The van der Waals surface area contributed by atoms with Crippen LogP contribution in [0.2, 0.25) is 0 Å². The van der Waals surface area contributed by atoms with E-state index in [9.17, 15) is 14.4 Å². The molecule has 7 heteroatoms. The van der Waals surface area contributed by atoms with Crippen LogP contribution in [0.25, 0.3) is 10.8 Å². The molecule has 238 valence electrons. The second-order valence-electron chi connectivity index (χ2n) is 13.1. The van der Waals surface area contributed by atoms with E-state index in [4.69, 9.17) is 4.74 Å². The van der Waals surface area contributed by atoms with E-state index in [-0.39, 0.29) is 17.7 Å². The third-order valence-corrected chi connectivity index (χ3v) is 7.70. The Labute approximate surface area is 263 Å². The van der Waals surface area contributed by atoms with Gasteiger partial charge in [0.15, 0.2) is 0 Å². The Bertz CT molecular complexity index is 1430. The minimum atomic E-state index is -0.901. The largest absolute Gasteiger partial charge is 0.444 e. The zero-order valence-corrected chi connectivity index (χ0v) is 27.8. The standard InChI is InChI=1S/C37H51N3O4/c1-9-10-11-12-15-22-40(35(42)32(25(2)3)39-36(43)44-37(6,7)8)33(31-23-26(4)18-19-27(31)5)34(41)38-30-21-20-28-16-13-14-17-29(28)24-30/h13-14,16-21,23-25,32-33H,9-12,15,22H2,1-8H3,(H,38,41)(H,39,43). The molecular weight excluding hydrogens is 550 g/mol. The smallest absolute Gasteiger partial charge is 0.408 e. The molecule has 2 N–H and O–H groups in total. The van der Waals surface area contributed by atoms with Crippen LogP contribution in [0.15, 0.2) is 60.7 Å². The molecule has 0 saturated heterocycles. The number of rotatable bonds is 13. The van der Waals surface area contributed by atoms with Crippen molar-refractivity contribution >= 4 is 34.4 Å². The summed E-state index contributed by atoms with van der Waals surface area (Å²) < 4.78 is 5.52. The molecule has 0 heterocycles. The first kappa shape index (κ1) is 34.6. The third-order valence-electron chi connectivity index (χ3n) is 7.70. The van der Waals surface area contributed by atoms with Gasteiger partial charge in [-0.2, -0.15) is 0 Å². The van der Waals surface area contributed by atoms with E-state index in [0.29, 0.717) is 12.2 Å². The van der Waals surface area contributed by atoms with Gasteiger partial charge in [0.05, 0.1) is 0 Å². The van der Waals surface area contributed by atoms with Gasteiger partial charge in [0.2, 0.25) is 5.91 Å². The highest BCUT2D eigenvalue weighted by Crippen LogP contribution is 2.30. The molecule has 3 rings (SSSR count). The first-order valence-electron chi connectivity index (χ1n) is 16.0. The molecule has 44 heavy (non-hydrogen) atoms. The molecule has 0 radical (unpaired) electrons. The van der Waals surface area contributed by atoms with Crippen LogP contribution >= 0.6 is 0 Å². The first-order chi connectivity index (χ1) is 20.8. The Hall–Kier alpha value is -3.87. The maximum atomic E-state index is 14.5. The summed E-state index contributed by atoms with van der Waals surface area (Å²) in [5, 5.41) is 8.03. The summed E-state index contributed by atoms with van der Waals surface area (Å²) in [6.07, 6.45) is 4.31. The van der Waals surface area contributed by atoms with Crippen molar-refractivity contribution in [1.29, 1.82) is 0 Å². The molecule has 0 aliphatic rings. The quantitative estimate of drug-likeness (QED) is 0.192. The highest BCUT2D eigenvalue weighted by Gasteiger charge is 2.38. The third kappa shape index (κ3) is 9.83. The van der Waals surface area contributed by atoms with E-state index in [1.54, 1.807) is 25.7 Å². The van der Waals surface area contributed by atoms with Gasteiger partial charge >= 0.3 is 6.09 Å². The van der Waals surface area contributed by atoms with E-state index in [2.05, 4.69) is 17.6 Å². The van der Waals surface area contributed by atoms with Crippen molar-refractivity contribution < 1.29 is 19.1 Å². The van der Waals surface area contributed by atoms with Gasteiger partial charge in [-0.3, -0.25) is 9.59 Å². The van der Waals surface area contributed by atoms with Crippen molar-refractivity contribution in [2.45, 2.75) is 105 Å². The van der Waals surface area contributed by atoms with Crippen LogP contribution in [0.4, 0.5) is 10.5 Å². The molecule has 3 amide bonds. The van der Waals surface area contributed by atoms with Crippen molar-refractivity contribution in [2.75, 3.05) is 11.9 Å². The molecule has 0 saturated carbocycles. The van der Waals surface area contributed by atoms with Gasteiger partial charge in [-0.25, -0.2) is 4.79 Å². The Morgan fingerprint density at radius 1 is 0.864 bits per heavy atom. The maximum absolute atomic E-state index is 14.5. The summed E-state index contributed by atoms with van der Waals surface area (Å²) in [4.78, 5) is 43.4. The van der Waals surface area contributed by atoms with Crippen LogP contribution in [-0.2, 0) is 14.3 Å². The van der Waals surface area contributed by atoms with Crippen molar-refractivity contribution in [2.24, 2.45) is 5.92 Å². The molecule has 3 aromatic rings. The number of alkyl carbamates (subject to hydrolysis) is 1. The number of unbranched alkanes of at least 4 members (excludes halogenated alkanes) is 4. The minimum Gasteiger partial charge on any atom is -0.444 e. The number of amides is 3. The average Bonchev–Trinajstić information content (AvgIpc) is 2.95. The van der Waals surface area contributed by atoms with E-state index in [1.807, 2.05) is 88.4 Å². The Morgan fingerprint density at radius 3 is 2.20 bits per heavy atom. The van der Waals surface area contributed by atoms with Gasteiger partial charge in [0.1, 0.15) is 17.7 Å². The lowest BCUT2D eigenvalue weighted by molar-refractivity contribution is -0.141. The van der Waals surface area contributed by atoms with Crippen LogP contribution in [0.3, 0.4) is 0 Å². The highest BCUT2D eigenvalue weighted by atomic mass is 16.6. The summed E-state index contributed by atoms with van der Waals surface area (Å²) >= 11 is 0. The zero-order valence-electron chi connectivity index (χ0n) is 27.8. The van der Waals surface area contributed by atoms with Crippen LogP contribution in [0.5, 0.6) is 0 Å². The lowest BCUT2D eigenvalue weighted by Gasteiger charge is -2.36. The summed E-state index contributed by atoms with van der Waals surface area (Å²) in [6.45, 7) is 15.6. The molecule has 0 spiro atoms. The molecule has 0 fully saturated rings. The number of nitrogens with one attached hydrogen (secondary N) is 2. The van der Waals surface area contributed by atoms with E-state index >= 15 is 0 Å². The first-order valence-corrected chi connectivity index (χ1v) is 16.0. The van der Waals surface area contributed by atoms with E-state index in [1.165, 1.54) is 0 Å². The molecule has 0 aliphatic carbocycles. The topological polar surface area (TPSA) is 87.7 Å². The normalized spacial score (nSPS) is 12.9. The predicted molar refractivity (Wildman–Crippen MR) is 180 cm³/mol. The molecule has 3 aromatic carbocycles. The molecular formula is C37H51N3O4. The van der Waals surface area contributed by atoms with Crippen molar-refractivity contribution in [3.8, 4) is 0 Å². The molecule has 0 aromatic heterocycles. The van der Waals surface area contributed by atoms with Gasteiger partial charge in [0.25, 0.3) is 5.91 Å². The number of anilines is 1. The molecule has 2 unspecified atom stereocenters. The van der Waals surface area contributed by atoms with Crippen molar-refractivity contribution in [3.05, 3.63) is 77.4 Å². The van der Waals surface area contributed by atoms with Gasteiger partial charge < -0.3 is 20.3 Å². The number of fused-ring (bicyclic) bond motifs is 1. The predicted octanol–water partition coefficient (Wildman–Crippen LogP) is 8.48. The van der Waals surface area contributed by atoms with Crippen LogP contribution in [0, 0.1) is 19.8 Å².